The molecule has 1 aromatic heterocycles. The number of oxazole rings is 1. The van der Waals surface area contributed by atoms with Crippen molar-refractivity contribution in [2.45, 2.75) is 26.0 Å². The van der Waals surface area contributed by atoms with Crippen molar-refractivity contribution < 1.29 is 14.4 Å². The van der Waals surface area contributed by atoms with Crippen LogP contribution in [-0.4, -0.2) is 21.6 Å². The van der Waals surface area contributed by atoms with E-state index in [1.165, 1.54) is 12.1 Å². The Kier molecular flexibility index (Phi) is 4.66. The predicted molar refractivity (Wildman–Crippen MR) is 75.7 cm³/mol. The molecule has 0 aliphatic carbocycles. The summed E-state index contributed by atoms with van der Waals surface area (Å²) in [4.78, 5) is 14.2. The van der Waals surface area contributed by atoms with Gasteiger partial charge in [-0.3, -0.25) is 10.1 Å². The molecule has 2 N–H and O–H groups in total. The molecule has 0 aliphatic heterocycles. The van der Waals surface area contributed by atoms with E-state index in [1.54, 1.807) is 18.3 Å². The summed E-state index contributed by atoms with van der Waals surface area (Å²) in [5, 5.41) is 23.7. The number of benzene rings is 1. The highest BCUT2D eigenvalue weighted by atomic mass is 16.6. The lowest BCUT2D eigenvalue weighted by atomic mass is 10.1. The van der Waals surface area contributed by atoms with Gasteiger partial charge in [-0.25, -0.2) is 4.98 Å². The van der Waals surface area contributed by atoms with Gasteiger partial charge in [-0.1, -0.05) is 0 Å². The first kappa shape index (κ1) is 15.1. The van der Waals surface area contributed by atoms with Crippen molar-refractivity contribution in [2.75, 3.05) is 6.54 Å². The van der Waals surface area contributed by atoms with E-state index in [-0.39, 0.29) is 11.7 Å². The fourth-order valence-corrected chi connectivity index (χ4v) is 1.88. The van der Waals surface area contributed by atoms with Crippen molar-refractivity contribution in [3.8, 4) is 0 Å². The van der Waals surface area contributed by atoms with E-state index < -0.39 is 11.0 Å². The second kappa shape index (κ2) is 6.47. The van der Waals surface area contributed by atoms with E-state index in [1.807, 2.05) is 13.8 Å². The first-order valence-corrected chi connectivity index (χ1v) is 6.55. The number of nitrogens with zero attached hydrogens (tertiary/aromatic N) is 2. The molecule has 1 heterocycles. The lowest BCUT2D eigenvalue weighted by Gasteiger charge is -2.15. The maximum Gasteiger partial charge on any atom is 0.269 e. The Morgan fingerprint density at radius 3 is 2.62 bits per heavy atom. The first-order chi connectivity index (χ1) is 9.97. The highest BCUT2D eigenvalue weighted by molar-refractivity contribution is 5.33. The van der Waals surface area contributed by atoms with E-state index >= 15 is 0 Å². The minimum absolute atomic E-state index is 0.00235. The molecule has 0 bridgehead atoms. The summed E-state index contributed by atoms with van der Waals surface area (Å²) in [5.74, 6) is 1.29. The number of aryl methyl sites for hydroxylation is 1. The summed E-state index contributed by atoms with van der Waals surface area (Å²) < 4.78 is 5.40. The Morgan fingerprint density at radius 2 is 2.10 bits per heavy atom. The monoisotopic (exact) mass is 291 g/mol. The van der Waals surface area contributed by atoms with Crippen molar-refractivity contribution in [1.82, 2.24) is 10.3 Å². The van der Waals surface area contributed by atoms with E-state index in [0.29, 0.717) is 18.0 Å². The van der Waals surface area contributed by atoms with Crippen molar-refractivity contribution in [3.05, 3.63) is 57.8 Å². The molecule has 21 heavy (non-hydrogen) atoms. The van der Waals surface area contributed by atoms with E-state index in [9.17, 15) is 15.2 Å². The summed E-state index contributed by atoms with van der Waals surface area (Å²) in [6.45, 7) is 3.99. The summed E-state index contributed by atoms with van der Waals surface area (Å²) in [7, 11) is 0. The van der Waals surface area contributed by atoms with Gasteiger partial charge in [0.25, 0.3) is 5.69 Å². The molecule has 0 fully saturated rings. The number of nitrogens with one attached hydrogen (secondary N) is 1. The lowest BCUT2D eigenvalue weighted by Crippen LogP contribution is -2.24. The van der Waals surface area contributed by atoms with Crippen LogP contribution in [0.25, 0.3) is 0 Å². The van der Waals surface area contributed by atoms with Gasteiger partial charge in [0.15, 0.2) is 0 Å². The van der Waals surface area contributed by atoms with E-state index in [4.69, 9.17) is 4.42 Å². The number of nitro benzene ring substituents is 1. The van der Waals surface area contributed by atoms with Crippen molar-refractivity contribution in [1.29, 1.82) is 0 Å². The number of hydrogen-bond acceptors (Lipinski definition) is 6. The largest absolute Gasteiger partial charge is 0.444 e. The quantitative estimate of drug-likeness (QED) is 0.625. The molecule has 7 nitrogen and oxygen atoms in total. The third-order valence-electron chi connectivity index (χ3n) is 3.12. The Balaban J connectivity index is 1.92. The molecule has 2 rings (SSSR count). The molecular weight excluding hydrogens is 274 g/mol. The fourth-order valence-electron chi connectivity index (χ4n) is 1.88. The highest BCUT2D eigenvalue weighted by Gasteiger charge is 2.15. The topological polar surface area (TPSA) is 101 Å². The van der Waals surface area contributed by atoms with Gasteiger partial charge in [0, 0.05) is 18.7 Å². The summed E-state index contributed by atoms with van der Waals surface area (Å²) in [6, 6.07) is 5.71. The Morgan fingerprint density at radius 1 is 1.43 bits per heavy atom. The molecule has 112 valence electrons. The van der Waals surface area contributed by atoms with Gasteiger partial charge < -0.3 is 14.8 Å². The van der Waals surface area contributed by atoms with Crippen LogP contribution in [0.15, 0.2) is 34.9 Å². The van der Waals surface area contributed by atoms with Crippen LogP contribution in [0, 0.1) is 17.0 Å². The Bertz CT molecular complexity index is 609. The minimum atomic E-state index is -0.760. The maximum atomic E-state index is 10.6. The summed E-state index contributed by atoms with van der Waals surface area (Å²) >= 11 is 0. The third kappa shape index (κ3) is 3.87. The lowest BCUT2D eigenvalue weighted by molar-refractivity contribution is -0.384. The predicted octanol–water partition coefficient (Wildman–Crippen LogP) is 2.28. The fraction of sp³-hybridized carbons (Fsp3) is 0.357. The van der Waals surface area contributed by atoms with Crippen LogP contribution in [0.1, 0.15) is 36.3 Å². The van der Waals surface area contributed by atoms with Gasteiger partial charge in [0.05, 0.1) is 23.3 Å². The Labute approximate surface area is 121 Å². The average molecular weight is 291 g/mol. The van der Waals surface area contributed by atoms with E-state index in [0.717, 1.165) is 5.76 Å². The number of aliphatic hydroxyl groups excluding tert-OH is 1. The third-order valence-corrected chi connectivity index (χ3v) is 3.12. The Hall–Kier alpha value is -2.25. The molecular formula is C14H17N3O4. The average Bonchev–Trinajstić information content (AvgIpc) is 2.91. The smallest absolute Gasteiger partial charge is 0.269 e. The van der Waals surface area contributed by atoms with Crippen LogP contribution >= 0.6 is 0 Å². The van der Waals surface area contributed by atoms with Crippen LogP contribution in [0.2, 0.25) is 0 Å². The highest BCUT2D eigenvalue weighted by Crippen LogP contribution is 2.18. The standard InChI is InChI=1S/C14H17N3O4/c1-9-7-16-14(21-9)10(2)15-8-13(18)11-3-5-12(6-4-11)17(19)20/h3-7,10,13,15,18H,8H2,1-2H3. The molecule has 0 amide bonds. The zero-order valence-electron chi connectivity index (χ0n) is 11.8. The number of hydrogen-bond donors (Lipinski definition) is 2. The summed E-state index contributed by atoms with van der Waals surface area (Å²) in [5.41, 5.74) is 0.617. The molecule has 0 saturated heterocycles. The van der Waals surface area contributed by atoms with Crippen LogP contribution in [0.3, 0.4) is 0 Å². The molecule has 0 spiro atoms. The first-order valence-electron chi connectivity index (χ1n) is 6.55. The van der Waals surface area contributed by atoms with Gasteiger partial charge in [-0.05, 0) is 31.5 Å². The molecule has 0 aliphatic rings. The van der Waals surface area contributed by atoms with Gasteiger partial charge in [-0.15, -0.1) is 0 Å². The number of aliphatic hydroxyl groups is 1. The number of aromatic nitrogens is 1. The number of non-ortho nitro benzene ring substituents is 1. The van der Waals surface area contributed by atoms with Gasteiger partial charge in [0.1, 0.15) is 5.76 Å². The van der Waals surface area contributed by atoms with Crippen molar-refractivity contribution in [2.24, 2.45) is 0 Å². The van der Waals surface area contributed by atoms with Crippen LogP contribution in [-0.2, 0) is 0 Å². The number of nitro groups is 1. The molecule has 2 aromatic rings. The van der Waals surface area contributed by atoms with Crippen molar-refractivity contribution in [3.63, 3.8) is 0 Å². The zero-order valence-corrected chi connectivity index (χ0v) is 11.8. The maximum absolute atomic E-state index is 10.6. The summed E-state index contributed by atoms with van der Waals surface area (Å²) in [6.07, 6.45) is 0.879. The van der Waals surface area contributed by atoms with E-state index in [2.05, 4.69) is 10.3 Å². The zero-order chi connectivity index (χ0) is 15.4. The van der Waals surface area contributed by atoms with Gasteiger partial charge >= 0.3 is 0 Å². The molecule has 2 atom stereocenters. The van der Waals surface area contributed by atoms with Gasteiger partial charge in [0.2, 0.25) is 5.89 Å². The second-order valence-corrected chi connectivity index (χ2v) is 4.80. The molecule has 1 aromatic carbocycles. The second-order valence-electron chi connectivity index (χ2n) is 4.80. The normalized spacial score (nSPS) is 13.9. The molecule has 7 heteroatoms. The SMILES string of the molecule is Cc1cnc(C(C)NCC(O)c2ccc([N+](=O)[O-])cc2)o1. The van der Waals surface area contributed by atoms with Crippen LogP contribution in [0.4, 0.5) is 5.69 Å². The van der Waals surface area contributed by atoms with Gasteiger partial charge in [-0.2, -0.15) is 0 Å². The molecule has 2 unspecified atom stereocenters. The van der Waals surface area contributed by atoms with Crippen LogP contribution in [0.5, 0.6) is 0 Å². The molecule has 0 radical (unpaired) electrons. The van der Waals surface area contributed by atoms with Crippen molar-refractivity contribution >= 4 is 5.69 Å². The molecule has 0 saturated carbocycles. The van der Waals surface area contributed by atoms with Crippen LogP contribution < -0.4 is 5.32 Å². The minimum Gasteiger partial charge on any atom is -0.444 e. The number of rotatable bonds is 6.